The van der Waals surface area contributed by atoms with E-state index in [-0.39, 0.29) is 6.10 Å². The van der Waals surface area contributed by atoms with Crippen LogP contribution in [0.5, 0.6) is 5.75 Å². The Bertz CT molecular complexity index is 928. The van der Waals surface area contributed by atoms with Crippen molar-refractivity contribution in [3.63, 3.8) is 0 Å². The van der Waals surface area contributed by atoms with Crippen molar-refractivity contribution in [1.82, 2.24) is 5.06 Å². The molecular formula is C24H28N3O4. The number of carbonyl (C=O) groups excluding carboxylic acids is 1. The molecule has 1 amide bonds. The highest BCUT2D eigenvalue weighted by Gasteiger charge is 2.47. The van der Waals surface area contributed by atoms with Gasteiger partial charge in [0, 0.05) is 29.6 Å². The number of anilines is 1. The summed E-state index contributed by atoms with van der Waals surface area (Å²) >= 11 is 0. The Labute approximate surface area is 183 Å². The Kier molecular flexibility index (Phi) is 6.54. The molecule has 1 radical (unpaired) electrons. The van der Waals surface area contributed by atoms with Crippen LogP contribution in [0.15, 0.2) is 48.5 Å². The van der Waals surface area contributed by atoms with Crippen molar-refractivity contribution in [1.29, 1.82) is 5.26 Å². The zero-order valence-electron chi connectivity index (χ0n) is 18.3. The molecule has 2 aromatic rings. The molecule has 0 aliphatic carbocycles. The van der Waals surface area contributed by atoms with Gasteiger partial charge in [0.2, 0.25) is 0 Å². The van der Waals surface area contributed by atoms with Crippen molar-refractivity contribution in [2.24, 2.45) is 0 Å². The molecule has 7 heteroatoms. The highest BCUT2D eigenvalue weighted by Crippen LogP contribution is 2.38. The largest absolute Gasteiger partial charge is 0.446 e. The van der Waals surface area contributed by atoms with Gasteiger partial charge in [0.15, 0.2) is 0 Å². The lowest BCUT2D eigenvalue weighted by Gasteiger charge is -2.49. The van der Waals surface area contributed by atoms with E-state index < -0.39 is 17.2 Å². The molecule has 1 heterocycles. The first-order valence-corrected chi connectivity index (χ1v) is 10.3. The van der Waals surface area contributed by atoms with Crippen molar-refractivity contribution >= 4 is 11.8 Å². The highest BCUT2D eigenvalue weighted by molar-refractivity contribution is 5.84. The maximum Gasteiger partial charge on any atom is 0.411 e. The number of nitriles is 1. The van der Waals surface area contributed by atoms with Crippen LogP contribution in [-0.4, -0.2) is 28.3 Å². The Morgan fingerprint density at radius 2 is 1.55 bits per heavy atom. The van der Waals surface area contributed by atoms with Crippen molar-refractivity contribution in [2.45, 2.75) is 64.1 Å². The standard InChI is InChI=1S/C24H28N3O4/c1-23(2)14-21(15-24(3,4)27(23)29)31-22(28)26-19-9-5-17(6-10-19)13-18-7-11-20(12-8-18)30-16-25/h5-12,21H,13-15H2,1-4H3,(H,26,28). The van der Waals surface area contributed by atoms with Crippen LogP contribution in [0.25, 0.3) is 0 Å². The van der Waals surface area contributed by atoms with Crippen molar-refractivity contribution in [3.8, 4) is 12.0 Å². The maximum atomic E-state index is 12.4. The monoisotopic (exact) mass is 422 g/mol. The summed E-state index contributed by atoms with van der Waals surface area (Å²) in [5.74, 6) is 0.511. The van der Waals surface area contributed by atoms with Crippen LogP contribution < -0.4 is 10.1 Å². The summed E-state index contributed by atoms with van der Waals surface area (Å²) in [4.78, 5) is 12.4. The molecule has 31 heavy (non-hydrogen) atoms. The normalized spacial score (nSPS) is 18.1. The van der Waals surface area contributed by atoms with Gasteiger partial charge in [-0.3, -0.25) is 5.32 Å². The number of hydrogen-bond donors (Lipinski definition) is 1. The van der Waals surface area contributed by atoms with Crippen LogP contribution in [0.2, 0.25) is 0 Å². The van der Waals surface area contributed by atoms with Gasteiger partial charge < -0.3 is 9.47 Å². The highest BCUT2D eigenvalue weighted by atomic mass is 16.6. The zero-order chi connectivity index (χ0) is 22.6. The summed E-state index contributed by atoms with van der Waals surface area (Å²) in [6.45, 7) is 7.49. The Morgan fingerprint density at radius 1 is 1.03 bits per heavy atom. The summed E-state index contributed by atoms with van der Waals surface area (Å²) in [5.41, 5.74) is 1.63. The molecule has 0 aromatic heterocycles. The van der Waals surface area contributed by atoms with Crippen LogP contribution in [0.4, 0.5) is 10.5 Å². The molecule has 0 spiro atoms. The van der Waals surface area contributed by atoms with E-state index in [2.05, 4.69) is 5.32 Å². The average Bonchev–Trinajstić information content (AvgIpc) is 2.69. The van der Waals surface area contributed by atoms with E-state index in [4.69, 9.17) is 14.7 Å². The summed E-state index contributed by atoms with van der Waals surface area (Å²) in [7, 11) is 0. The van der Waals surface area contributed by atoms with Crippen LogP contribution in [0.1, 0.15) is 51.7 Å². The lowest BCUT2D eigenvalue weighted by Crippen LogP contribution is -2.60. The molecule has 1 fully saturated rings. The number of carbonyl (C=O) groups is 1. The summed E-state index contributed by atoms with van der Waals surface area (Å²) in [6, 6.07) is 14.9. The van der Waals surface area contributed by atoms with Gasteiger partial charge in [0.25, 0.3) is 6.26 Å². The fourth-order valence-electron chi connectivity index (χ4n) is 4.22. The predicted octanol–water partition coefficient (Wildman–Crippen LogP) is 5.05. The van der Waals surface area contributed by atoms with E-state index in [9.17, 15) is 10.0 Å². The van der Waals surface area contributed by atoms with E-state index in [0.29, 0.717) is 24.3 Å². The summed E-state index contributed by atoms with van der Waals surface area (Å²) in [5, 5.41) is 24.9. The molecule has 0 bridgehead atoms. The minimum absolute atomic E-state index is 0.317. The minimum atomic E-state index is -0.590. The number of rotatable bonds is 5. The van der Waals surface area contributed by atoms with Gasteiger partial charge in [-0.1, -0.05) is 24.3 Å². The third kappa shape index (κ3) is 5.75. The van der Waals surface area contributed by atoms with Crippen molar-refractivity contribution < 1.29 is 19.5 Å². The Morgan fingerprint density at radius 3 is 2.06 bits per heavy atom. The van der Waals surface area contributed by atoms with E-state index in [0.717, 1.165) is 22.6 Å². The fourth-order valence-corrected chi connectivity index (χ4v) is 4.22. The van der Waals surface area contributed by atoms with E-state index in [1.807, 2.05) is 64.1 Å². The van der Waals surface area contributed by atoms with E-state index in [1.165, 1.54) is 0 Å². The molecule has 1 aliphatic rings. The van der Waals surface area contributed by atoms with Gasteiger partial charge >= 0.3 is 6.09 Å². The maximum absolute atomic E-state index is 12.4. The second kappa shape index (κ2) is 8.96. The van der Waals surface area contributed by atoms with E-state index >= 15 is 0 Å². The number of amides is 1. The molecule has 3 rings (SSSR count). The first kappa shape index (κ1) is 22.6. The Hall–Kier alpha value is -3.08. The molecule has 1 N–H and O–H groups in total. The summed E-state index contributed by atoms with van der Waals surface area (Å²) in [6.07, 6.45) is 2.51. The topological polar surface area (TPSA) is 94.5 Å². The number of nitrogens with zero attached hydrogens (tertiary/aromatic N) is 2. The number of benzene rings is 2. The van der Waals surface area contributed by atoms with E-state index in [1.54, 1.807) is 18.4 Å². The van der Waals surface area contributed by atoms with Gasteiger partial charge in [0.1, 0.15) is 11.9 Å². The third-order valence-electron chi connectivity index (χ3n) is 5.52. The van der Waals surface area contributed by atoms with Crippen molar-refractivity contribution in [2.75, 3.05) is 5.32 Å². The Balaban J connectivity index is 1.55. The van der Waals surface area contributed by atoms with Gasteiger partial charge in [0.05, 0.1) is 0 Å². The van der Waals surface area contributed by atoms with Crippen molar-refractivity contribution in [3.05, 3.63) is 59.7 Å². The molecule has 0 unspecified atom stereocenters. The molecule has 0 saturated carbocycles. The van der Waals surface area contributed by atoms with Gasteiger partial charge in [-0.2, -0.15) is 0 Å². The SMILES string of the molecule is CC1(C)CC(OC(=O)Nc2ccc(Cc3ccc(OC#N)cc3)cc2)CC(C)(C)N1[O]. The first-order chi connectivity index (χ1) is 14.6. The number of nitrogens with one attached hydrogen (secondary N) is 1. The average molecular weight is 423 g/mol. The number of ether oxygens (including phenoxy) is 2. The van der Waals surface area contributed by atoms with Crippen LogP contribution >= 0.6 is 0 Å². The minimum Gasteiger partial charge on any atom is -0.446 e. The molecule has 0 atom stereocenters. The van der Waals surface area contributed by atoms with Crippen LogP contribution in [-0.2, 0) is 16.4 Å². The fraction of sp³-hybridized carbons (Fsp3) is 0.417. The number of piperidine rings is 1. The second-order valence-electron chi connectivity index (χ2n) is 9.19. The van der Waals surface area contributed by atoms with Gasteiger partial charge in [-0.15, -0.1) is 15.5 Å². The molecular weight excluding hydrogens is 394 g/mol. The summed E-state index contributed by atoms with van der Waals surface area (Å²) < 4.78 is 10.4. The third-order valence-corrected chi connectivity index (χ3v) is 5.52. The lowest BCUT2D eigenvalue weighted by molar-refractivity contribution is -0.297. The van der Waals surface area contributed by atoms with Crippen LogP contribution in [0, 0.1) is 11.5 Å². The smallest absolute Gasteiger partial charge is 0.411 e. The predicted molar refractivity (Wildman–Crippen MR) is 116 cm³/mol. The van der Waals surface area contributed by atoms with Gasteiger partial charge in [-0.05, 0) is 69.5 Å². The zero-order valence-corrected chi connectivity index (χ0v) is 18.3. The van der Waals surface area contributed by atoms with Gasteiger partial charge in [-0.25, -0.2) is 4.79 Å². The lowest BCUT2D eigenvalue weighted by atomic mass is 9.80. The first-order valence-electron chi connectivity index (χ1n) is 10.3. The quantitative estimate of drug-likeness (QED) is 0.680. The number of hydrogen-bond acceptors (Lipinski definition) is 5. The van der Waals surface area contributed by atoms with Crippen LogP contribution in [0.3, 0.4) is 0 Å². The molecule has 1 aliphatic heterocycles. The second-order valence-corrected chi connectivity index (χ2v) is 9.19. The molecule has 2 aromatic carbocycles. The molecule has 7 nitrogen and oxygen atoms in total. The number of hydroxylamine groups is 2. The molecule has 163 valence electrons. The molecule has 1 saturated heterocycles.